The number of hydrogen-bond acceptors (Lipinski definition) is 4. The van der Waals surface area contributed by atoms with Crippen molar-refractivity contribution in [2.75, 3.05) is 26.2 Å². The molecule has 3 rings (SSSR count). The summed E-state index contributed by atoms with van der Waals surface area (Å²) >= 11 is 1.64. The molecule has 2 amide bonds. The number of amides is 2. The molecule has 1 aromatic rings. The first-order valence-electron chi connectivity index (χ1n) is 9.89. The SMILES string of the molecule is CC(C)NC(=O)C(C1CCCC1)N1CCN(C(=O)Cc2cccs2)CC1. The van der Waals surface area contributed by atoms with E-state index in [-0.39, 0.29) is 23.9 Å². The van der Waals surface area contributed by atoms with E-state index in [0.717, 1.165) is 43.9 Å². The number of piperazine rings is 1. The molecule has 1 atom stereocenters. The minimum Gasteiger partial charge on any atom is -0.353 e. The molecule has 5 nitrogen and oxygen atoms in total. The summed E-state index contributed by atoms with van der Waals surface area (Å²) in [5.41, 5.74) is 0. The van der Waals surface area contributed by atoms with Crippen molar-refractivity contribution in [1.82, 2.24) is 15.1 Å². The van der Waals surface area contributed by atoms with Gasteiger partial charge in [0.1, 0.15) is 0 Å². The van der Waals surface area contributed by atoms with E-state index >= 15 is 0 Å². The van der Waals surface area contributed by atoms with Gasteiger partial charge in [-0.05, 0) is 44.1 Å². The Labute approximate surface area is 160 Å². The first kappa shape index (κ1) is 19.4. The molecule has 1 aliphatic carbocycles. The van der Waals surface area contributed by atoms with E-state index in [1.807, 2.05) is 36.3 Å². The Balaban J connectivity index is 1.58. The van der Waals surface area contributed by atoms with E-state index in [2.05, 4.69) is 10.2 Å². The second kappa shape index (κ2) is 9.00. The molecule has 1 unspecified atom stereocenters. The molecule has 1 aromatic heterocycles. The lowest BCUT2D eigenvalue weighted by Crippen LogP contribution is -2.58. The van der Waals surface area contributed by atoms with Crippen LogP contribution in [-0.4, -0.2) is 59.9 Å². The summed E-state index contributed by atoms with van der Waals surface area (Å²) in [6.07, 6.45) is 5.25. The van der Waals surface area contributed by atoms with Crippen molar-refractivity contribution in [1.29, 1.82) is 0 Å². The van der Waals surface area contributed by atoms with Gasteiger partial charge in [0, 0.05) is 37.1 Å². The van der Waals surface area contributed by atoms with Crippen molar-refractivity contribution in [2.24, 2.45) is 5.92 Å². The van der Waals surface area contributed by atoms with Crippen molar-refractivity contribution >= 4 is 23.2 Å². The Bertz CT molecular complexity index is 588. The van der Waals surface area contributed by atoms with E-state index in [9.17, 15) is 9.59 Å². The lowest BCUT2D eigenvalue weighted by molar-refractivity contribution is -0.134. The monoisotopic (exact) mass is 377 g/mol. The number of carbonyl (C=O) groups is 2. The van der Waals surface area contributed by atoms with Gasteiger partial charge < -0.3 is 10.2 Å². The van der Waals surface area contributed by atoms with Crippen LogP contribution in [0.2, 0.25) is 0 Å². The smallest absolute Gasteiger partial charge is 0.237 e. The van der Waals surface area contributed by atoms with Gasteiger partial charge in [-0.1, -0.05) is 18.9 Å². The summed E-state index contributed by atoms with van der Waals surface area (Å²) in [6, 6.07) is 4.14. The van der Waals surface area contributed by atoms with Crippen LogP contribution in [-0.2, 0) is 16.0 Å². The van der Waals surface area contributed by atoms with Gasteiger partial charge in [0.15, 0.2) is 0 Å². The first-order chi connectivity index (χ1) is 12.5. The largest absolute Gasteiger partial charge is 0.353 e. The van der Waals surface area contributed by atoms with Crippen LogP contribution in [0.15, 0.2) is 17.5 Å². The molecule has 0 spiro atoms. The van der Waals surface area contributed by atoms with Crippen LogP contribution in [0.5, 0.6) is 0 Å². The summed E-state index contributed by atoms with van der Waals surface area (Å²) in [5, 5.41) is 5.13. The zero-order valence-electron chi connectivity index (χ0n) is 15.9. The average Bonchev–Trinajstić information content (AvgIpc) is 3.29. The summed E-state index contributed by atoms with van der Waals surface area (Å²) in [6.45, 7) is 7.08. The van der Waals surface area contributed by atoms with E-state index in [1.165, 1.54) is 12.8 Å². The Morgan fingerprint density at radius 2 is 1.88 bits per heavy atom. The minimum atomic E-state index is -0.0329. The topological polar surface area (TPSA) is 52.7 Å². The first-order valence-corrected chi connectivity index (χ1v) is 10.8. The number of nitrogens with one attached hydrogen (secondary N) is 1. The Morgan fingerprint density at radius 3 is 2.46 bits per heavy atom. The number of hydrogen-bond donors (Lipinski definition) is 1. The fourth-order valence-electron chi connectivity index (χ4n) is 4.24. The van der Waals surface area contributed by atoms with Crippen LogP contribution in [0.3, 0.4) is 0 Å². The van der Waals surface area contributed by atoms with E-state index in [0.29, 0.717) is 12.3 Å². The highest BCUT2D eigenvalue weighted by Crippen LogP contribution is 2.31. The van der Waals surface area contributed by atoms with E-state index < -0.39 is 0 Å². The molecule has 6 heteroatoms. The highest BCUT2D eigenvalue weighted by Gasteiger charge is 2.37. The molecule has 1 saturated carbocycles. The van der Waals surface area contributed by atoms with Gasteiger partial charge in [-0.15, -0.1) is 11.3 Å². The average molecular weight is 378 g/mol. The Morgan fingerprint density at radius 1 is 1.19 bits per heavy atom. The maximum atomic E-state index is 12.8. The highest BCUT2D eigenvalue weighted by atomic mass is 32.1. The summed E-state index contributed by atoms with van der Waals surface area (Å²) in [5.74, 6) is 0.837. The lowest BCUT2D eigenvalue weighted by atomic mass is 9.94. The van der Waals surface area contributed by atoms with Crippen LogP contribution in [0, 0.1) is 5.92 Å². The number of carbonyl (C=O) groups excluding carboxylic acids is 2. The molecule has 0 aromatic carbocycles. The molecule has 1 aliphatic heterocycles. The highest BCUT2D eigenvalue weighted by molar-refractivity contribution is 7.10. The number of nitrogens with zero attached hydrogens (tertiary/aromatic N) is 2. The summed E-state index contributed by atoms with van der Waals surface area (Å²) < 4.78 is 0. The second-order valence-corrected chi connectivity index (χ2v) is 8.86. The van der Waals surface area contributed by atoms with Gasteiger partial charge in [0.05, 0.1) is 12.5 Å². The maximum absolute atomic E-state index is 12.8. The van der Waals surface area contributed by atoms with Gasteiger partial charge in [0.25, 0.3) is 0 Å². The zero-order chi connectivity index (χ0) is 18.5. The maximum Gasteiger partial charge on any atom is 0.237 e. The molecule has 0 bridgehead atoms. The van der Waals surface area contributed by atoms with Crippen molar-refractivity contribution in [3.05, 3.63) is 22.4 Å². The zero-order valence-corrected chi connectivity index (χ0v) is 16.8. The fraction of sp³-hybridized carbons (Fsp3) is 0.700. The van der Waals surface area contributed by atoms with Gasteiger partial charge >= 0.3 is 0 Å². The second-order valence-electron chi connectivity index (χ2n) is 7.83. The van der Waals surface area contributed by atoms with Crippen LogP contribution in [0.25, 0.3) is 0 Å². The Hall–Kier alpha value is -1.40. The summed E-state index contributed by atoms with van der Waals surface area (Å²) in [7, 11) is 0. The molecule has 0 radical (unpaired) electrons. The van der Waals surface area contributed by atoms with Gasteiger partial charge in [0.2, 0.25) is 11.8 Å². The molecular weight excluding hydrogens is 346 g/mol. The molecule has 2 aliphatic rings. The molecule has 144 valence electrons. The third-order valence-corrected chi connectivity index (χ3v) is 6.39. The quantitative estimate of drug-likeness (QED) is 0.829. The van der Waals surface area contributed by atoms with Crippen LogP contribution >= 0.6 is 11.3 Å². The number of thiophene rings is 1. The van der Waals surface area contributed by atoms with Crippen LogP contribution < -0.4 is 5.32 Å². The van der Waals surface area contributed by atoms with E-state index in [4.69, 9.17) is 0 Å². The molecule has 2 fully saturated rings. The molecule has 2 heterocycles. The number of rotatable bonds is 6. The Kier molecular flexibility index (Phi) is 6.70. The third-order valence-electron chi connectivity index (χ3n) is 5.51. The van der Waals surface area contributed by atoms with Crippen molar-refractivity contribution in [3.63, 3.8) is 0 Å². The fourth-order valence-corrected chi connectivity index (χ4v) is 4.94. The third kappa shape index (κ3) is 4.86. The van der Waals surface area contributed by atoms with Gasteiger partial charge in [-0.25, -0.2) is 0 Å². The van der Waals surface area contributed by atoms with Crippen LogP contribution in [0.1, 0.15) is 44.4 Å². The summed E-state index contributed by atoms with van der Waals surface area (Å²) in [4.78, 5) is 30.8. The van der Waals surface area contributed by atoms with Crippen molar-refractivity contribution in [3.8, 4) is 0 Å². The standard InChI is InChI=1S/C20H31N3O2S/c1-15(2)21-20(25)19(16-6-3-4-7-16)23-11-9-22(10-12-23)18(24)14-17-8-5-13-26-17/h5,8,13,15-16,19H,3-4,6-7,9-12,14H2,1-2H3,(H,21,25). The van der Waals surface area contributed by atoms with Gasteiger partial charge in [-0.3, -0.25) is 14.5 Å². The van der Waals surface area contributed by atoms with Crippen LogP contribution in [0.4, 0.5) is 0 Å². The van der Waals surface area contributed by atoms with Crippen molar-refractivity contribution < 1.29 is 9.59 Å². The molecular formula is C20H31N3O2S. The van der Waals surface area contributed by atoms with Gasteiger partial charge in [-0.2, -0.15) is 0 Å². The molecule has 1 N–H and O–H groups in total. The van der Waals surface area contributed by atoms with E-state index in [1.54, 1.807) is 11.3 Å². The molecule has 26 heavy (non-hydrogen) atoms. The predicted molar refractivity (Wildman–Crippen MR) is 105 cm³/mol. The lowest BCUT2D eigenvalue weighted by Gasteiger charge is -2.41. The normalized spacial score (nSPS) is 20.5. The minimum absolute atomic E-state index is 0.0329. The predicted octanol–water partition coefficient (Wildman–Crippen LogP) is 2.52. The van der Waals surface area contributed by atoms with Crippen molar-refractivity contribution in [2.45, 2.75) is 58.0 Å². The molecule has 1 saturated heterocycles.